The van der Waals surface area contributed by atoms with Crippen molar-refractivity contribution in [3.63, 3.8) is 0 Å². The fourth-order valence-corrected chi connectivity index (χ4v) is 5.41. The summed E-state index contributed by atoms with van der Waals surface area (Å²) in [5.74, 6) is 1.35. The molecule has 0 aromatic heterocycles. The fraction of sp³-hybridized carbons (Fsp3) is 0.296. The molecule has 1 atom stereocenters. The maximum absolute atomic E-state index is 12.7. The normalized spacial score (nSPS) is 18.5. The van der Waals surface area contributed by atoms with Gasteiger partial charge in [0.15, 0.2) is 9.84 Å². The van der Waals surface area contributed by atoms with Gasteiger partial charge in [-0.1, -0.05) is 36.4 Å². The Labute approximate surface area is 200 Å². The zero-order chi connectivity index (χ0) is 23.7. The molecule has 5 rings (SSSR count). The number of hydrogen-bond donors (Lipinski definition) is 1. The van der Waals surface area contributed by atoms with E-state index in [-0.39, 0.29) is 11.9 Å². The molecule has 3 aromatic carbocycles. The lowest BCUT2D eigenvalue weighted by atomic mass is 9.88. The number of hydrogen-bond acceptors (Lipinski definition) is 5. The van der Waals surface area contributed by atoms with Crippen molar-refractivity contribution < 1.29 is 17.9 Å². The number of piperidine rings is 1. The Hall–Kier alpha value is -3.32. The van der Waals surface area contributed by atoms with Gasteiger partial charge in [0.1, 0.15) is 12.4 Å². The minimum absolute atomic E-state index is 0.106. The number of carbonyl (C=O) groups is 1. The number of nitrogens with one attached hydrogen (secondary N) is 1. The summed E-state index contributed by atoms with van der Waals surface area (Å²) >= 11 is 0. The molecule has 1 amide bonds. The smallest absolute Gasteiger partial charge is 0.253 e. The number of carbonyl (C=O) groups excluding carboxylic acids is 1. The Kier molecular flexibility index (Phi) is 6.04. The summed E-state index contributed by atoms with van der Waals surface area (Å²) in [6.45, 7) is 2.10. The average molecular weight is 477 g/mol. The lowest BCUT2D eigenvalue weighted by molar-refractivity contribution is 0.0669. The van der Waals surface area contributed by atoms with Crippen LogP contribution in [0.4, 0.5) is 5.69 Å². The Bertz CT molecular complexity index is 1280. The van der Waals surface area contributed by atoms with Crippen molar-refractivity contribution in [2.24, 2.45) is 5.92 Å². The molecule has 34 heavy (non-hydrogen) atoms. The van der Waals surface area contributed by atoms with Crippen LogP contribution in [0, 0.1) is 5.92 Å². The van der Waals surface area contributed by atoms with Crippen LogP contribution in [0.1, 0.15) is 23.2 Å². The summed E-state index contributed by atoms with van der Waals surface area (Å²) in [5, 5.41) is 3.64. The molecule has 6 nitrogen and oxygen atoms in total. The molecule has 2 aliphatic rings. The SMILES string of the molecule is CS(=O)(=O)c1ccc(-c2ccc3c(c2)OCC(C2CCN(C(=O)c4ccccc4)CC2)N3)cc1. The third-order valence-corrected chi connectivity index (χ3v) is 7.90. The number of benzene rings is 3. The van der Waals surface area contributed by atoms with Crippen LogP contribution in [0.25, 0.3) is 11.1 Å². The molecule has 0 spiro atoms. The van der Waals surface area contributed by atoms with E-state index in [1.807, 2.05) is 65.6 Å². The van der Waals surface area contributed by atoms with E-state index in [0.717, 1.165) is 54.1 Å². The van der Waals surface area contributed by atoms with Gasteiger partial charge in [-0.15, -0.1) is 0 Å². The minimum atomic E-state index is -3.21. The molecule has 176 valence electrons. The molecule has 1 fully saturated rings. The molecule has 2 aliphatic heterocycles. The monoisotopic (exact) mass is 476 g/mol. The topological polar surface area (TPSA) is 75.7 Å². The molecule has 7 heteroatoms. The highest BCUT2D eigenvalue weighted by atomic mass is 32.2. The maximum atomic E-state index is 12.7. The number of likely N-dealkylation sites (tertiary alicyclic amines) is 1. The second-order valence-corrected chi connectivity index (χ2v) is 11.1. The highest BCUT2D eigenvalue weighted by Gasteiger charge is 2.31. The first-order valence-electron chi connectivity index (χ1n) is 11.6. The summed E-state index contributed by atoms with van der Waals surface area (Å²) in [6.07, 6.45) is 3.10. The van der Waals surface area contributed by atoms with Crippen molar-refractivity contribution in [1.82, 2.24) is 4.90 Å². The van der Waals surface area contributed by atoms with Crippen molar-refractivity contribution in [1.29, 1.82) is 0 Å². The zero-order valence-corrected chi connectivity index (χ0v) is 19.9. The van der Waals surface area contributed by atoms with Gasteiger partial charge in [-0.3, -0.25) is 4.79 Å². The zero-order valence-electron chi connectivity index (χ0n) is 19.1. The van der Waals surface area contributed by atoms with E-state index in [0.29, 0.717) is 17.4 Å². The number of anilines is 1. The standard InChI is InChI=1S/C27H28N2O4S/c1-34(31,32)23-10-7-19(8-11-23)22-9-12-24-26(17-22)33-18-25(28-24)20-13-15-29(16-14-20)27(30)21-5-3-2-4-6-21/h2-12,17,20,25,28H,13-16,18H2,1H3. The second kappa shape index (κ2) is 9.14. The van der Waals surface area contributed by atoms with Gasteiger partial charge >= 0.3 is 0 Å². The first-order valence-corrected chi connectivity index (χ1v) is 13.5. The van der Waals surface area contributed by atoms with E-state index in [9.17, 15) is 13.2 Å². The Morgan fingerprint density at radius 2 is 1.62 bits per heavy atom. The fourth-order valence-electron chi connectivity index (χ4n) is 4.78. The van der Waals surface area contributed by atoms with Crippen LogP contribution in [-0.2, 0) is 9.84 Å². The number of rotatable bonds is 4. The molecular weight excluding hydrogens is 448 g/mol. The summed E-state index contributed by atoms with van der Waals surface area (Å²) in [6, 6.07) is 22.6. The predicted molar refractivity (Wildman–Crippen MR) is 133 cm³/mol. The van der Waals surface area contributed by atoms with Gasteiger partial charge in [-0.25, -0.2) is 8.42 Å². The van der Waals surface area contributed by atoms with E-state index in [1.165, 1.54) is 6.26 Å². The molecule has 0 aliphatic carbocycles. The third-order valence-electron chi connectivity index (χ3n) is 6.77. The molecule has 0 bridgehead atoms. The lowest BCUT2D eigenvalue weighted by Gasteiger charge is -2.38. The van der Waals surface area contributed by atoms with E-state index in [1.54, 1.807) is 12.1 Å². The lowest BCUT2D eigenvalue weighted by Crippen LogP contribution is -2.46. The number of nitrogens with zero attached hydrogens (tertiary/aromatic N) is 1. The Morgan fingerprint density at radius 3 is 2.29 bits per heavy atom. The first kappa shape index (κ1) is 22.5. The van der Waals surface area contributed by atoms with Gasteiger partial charge in [0.05, 0.1) is 16.6 Å². The number of amides is 1. The van der Waals surface area contributed by atoms with Crippen molar-refractivity contribution >= 4 is 21.4 Å². The van der Waals surface area contributed by atoms with Crippen LogP contribution in [-0.4, -0.2) is 51.2 Å². The van der Waals surface area contributed by atoms with Gasteiger partial charge in [0, 0.05) is 24.9 Å². The maximum Gasteiger partial charge on any atom is 0.253 e. The number of sulfone groups is 1. The van der Waals surface area contributed by atoms with Crippen molar-refractivity contribution in [3.05, 3.63) is 78.4 Å². The van der Waals surface area contributed by atoms with Gasteiger partial charge in [0.25, 0.3) is 5.91 Å². The van der Waals surface area contributed by atoms with Crippen LogP contribution in [0.15, 0.2) is 77.7 Å². The van der Waals surface area contributed by atoms with Crippen molar-refractivity contribution in [3.8, 4) is 16.9 Å². The summed E-state index contributed by atoms with van der Waals surface area (Å²) in [7, 11) is -3.21. The summed E-state index contributed by atoms with van der Waals surface area (Å²) < 4.78 is 29.5. The molecule has 1 saturated heterocycles. The van der Waals surface area contributed by atoms with E-state index in [2.05, 4.69) is 5.32 Å². The van der Waals surface area contributed by atoms with Crippen molar-refractivity contribution in [2.75, 3.05) is 31.3 Å². The quantitative estimate of drug-likeness (QED) is 0.601. The van der Waals surface area contributed by atoms with Crippen LogP contribution in [0.5, 0.6) is 5.75 Å². The van der Waals surface area contributed by atoms with E-state index < -0.39 is 9.84 Å². The van der Waals surface area contributed by atoms with Gasteiger partial charge in [-0.2, -0.15) is 0 Å². The van der Waals surface area contributed by atoms with E-state index >= 15 is 0 Å². The third kappa shape index (κ3) is 4.66. The van der Waals surface area contributed by atoms with Gasteiger partial charge in [0.2, 0.25) is 0 Å². The van der Waals surface area contributed by atoms with Crippen LogP contribution in [0.3, 0.4) is 0 Å². The number of ether oxygens (including phenoxy) is 1. The van der Waals surface area contributed by atoms with Crippen LogP contribution in [0.2, 0.25) is 0 Å². The molecule has 1 N–H and O–H groups in total. The highest BCUT2D eigenvalue weighted by Crippen LogP contribution is 2.36. The molecule has 0 radical (unpaired) electrons. The van der Waals surface area contributed by atoms with Crippen LogP contribution < -0.4 is 10.1 Å². The van der Waals surface area contributed by atoms with E-state index in [4.69, 9.17) is 4.74 Å². The second-order valence-electron chi connectivity index (χ2n) is 9.06. The van der Waals surface area contributed by atoms with Crippen LogP contribution >= 0.6 is 0 Å². The van der Waals surface area contributed by atoms with Gasteiger partial charge < -0.3 is 15.0 Å². The highest BCUT2D eigenvalue weighted by molar-refractivity contribution is 7.90. The summed E-state index contributed by atoms with van der Waals surface area (Å²) in [4.78, 5) is 15.0. The predicted octanol–water partition coefficient (Wildman–Crippen LogP) is 4.48. The molecule has 1 unspecified atom stereocenters. The Balaban J connectivity index is 1.22. The van der Waals surface area contributed by atoms with Crippen molar-refractivity contribution in [2.45, 2.75) is 23.8 Å². The minimum Gasteiger partial charge on any atom is -0.489 e. The molecule has 0 saturated carbocycles. The Morgan fingerprint density at radius 1 is 0.941 bits per heavy atom. The average Bonchev–Trinajstić information content (AvgIpc) is 2.88. The molecule has 3 aromatic rings. The largest absolute Gasteiger partial charge is 0.489 e. The number of fused-ring (bicyclic) bond motifs is 1. The summed E-state index contributed by atoms with van der Waals surface area (Å²) in [5.41, 5.74) is 3.63. The molecular formula is C27H28N2O4S. The first-order chi connectivity index (χ1) is 16.4. The molecule has 2 heterocycles. The van der Waals surface area contributed by atoms with Gasteiger partial charge in [-0.05, 0) is 66.3 Å².